The van der Waals surface area contributed by atoms with E-state index < -0.39 is 5.92 Å². The van der Waals surface area contributed by atoms with Crippen molar-refractivity contribution in [3.8, 4) is 5.75 Å². The molecule has 1 aliphatic carbocycles. The Balaban J connectivity index is 1.84. The summed E-state index contributed by atoms with van der Waals surface area (Å²) >= 11 is 0. The number of hydrogen-bond donors (Lipinski definition) is 2. The minimum Gasteiger partial charge on any atom is -0.507 e. The number of allylic oxidation sites excluding steroid dienone is 2. The highest BCUT2D eigenvalue weighted by Gasteiger charge is 2.46. The van der Waals surface area contributed by atoms with Crippen LogP contribution in [0.5, 0.6) is 5.75 Å². The lowest BCUT2D eigenvalue weighted by Crippen LogP contribution is -2.45. The number of rotatable bonds is 4. The zero-order valence-electron chi connectivity index (χ0n) is 20.8. The summed E-state index contributed by atoms with van der Waals surface area (Å²) in [5, 5.41) is 21.1. The lowest BCUT2D eigenvalue weighted by atomic mass is 9.67. The fourth-order valence-corrected chi connectivity index (χ4v) is 5.36. The number of aliphatic hydroxyl groups excluding tert-OH is 1. The van der Waals surface area contributed by atoms with Crippen LogP contribution < -0.4 is 9.64 Å². The average Bonchev–Trinajstić information content (AvgIpc) is 2.88. The van der Waals surface area contributed by atoms with Gasteiger partial charge in [0, 0.05) is 40.4 Å². The van der Waals surface area contributed by atoms with Crippen LogP contribution in [-0.4, -0.2) is 23.8 Å². The molecule has 182 valence electrons. The zero-order valence-corrected chi connectivity index (χ0v) is 20.8. The van der Waals surface area contributed by atoms with Gasteiger partial charge < -0.3 is 9.84 Å². The van der Waals surface area contributed by atoms with E-state index in [1.165, 1.54) is 0 Å². The van der Waals surface area contributed by atoms with Crippen molar-refractivity contribution >= 4 is 23.1 Å². The van der Waals surface area contributed by atoms with Crippen molar-refractivity contribution in [1.29, 1.82) is 5.41 Å². The number of ether oxygens (including phenoxy) is 1. The lowest BCUT2D eigenvalue weighted by Gasteiger charge is -2.45. The number of para-hydroxylation sites is 1. The second-order valence-electron chi connectivity index (χ2n) is 10.2. The van der Waals surface area contributed by atoms with Gasteiger partial charge in [0.2, 0.25) is 0 Å². The largest absolute Gasteiger partial charge is 0.507 e. The Morgan fingerprint density at radius 3 is 2.17 bits per heavy atom. The van der Waals surface area contributed by atoms with E-state index in [4.69, 9.17) is 4.74 Å². The molecule has 0 saturated carbocycles. The van der Waals surface area contributed by atoms with Gasteiger partial charge in [0.25, 0.3) is 0 Å². The highest BCUT2D eigenvalue weighted by molar-refractivity contribution is 6.19. The van der Waals surface area contributed by atoms with Gasteiger partial charge in [-0.05, 0) is 41.7 Å². The number of nitrogens with zero attached hydrogens (tertiary/aromatic N) is 1. The molecule has 3 aromatic rings. The maximum atomic E-state index is 13.9. The Hall–Kier alpha value is -4.12. The molecule has 1 aliphatic heterocycles. The summed E-state index contributed by atoms with van der Waals surface area (Å²) in [5.74, 6) is 0.369. The first-order valence-electron chi connectivity index (χ1n) is 12.1. The van der Waals surface area contributed by atoms with Gasteiger partial charge in [-0.15, -0.1) is 0 Å². The highest BCUT2D eigenvalue weighted by Crippen LogP contribution is 2.51. The molecule has 0 saturated heterocycles. The number of amidine groups is 1. The second-order valence-corrected chi connectivity index (χ2v) is 10.2. The first-order chi connectivity index (χ1) is 17.3. The Kier molecular flexibility index (Phi) is 6.00. The van der Waals surface area contributed by atoms with Crippen LogP contribution in [0.25, 0.3) is 5.76 Å². The van der Waals surface area contributed by atoms with E-state index in [2.05, 4.69) is 13.8 Å². The summed E-state index contributed by atoms with van der Waals surface area (Å²) in [5.41, 5.74) is 3.91. The smallest absolute Gasteiger partial charge is 0.162 e. The first-order valence-corrected chi connectivity index (χ1v) is 12.1. The molecule has 1 atom stereocenters. The molecule has 5 nitrogen and oxygen atoms in total. The number of hydrogen-bond acceptors (Lipinski definition) is 4. The number of carbonyl (C=O) groups excluding carboxylic acids is 1. The van der Waals surface area contributed by atoms with Crippen molar-refractivity contribution in [2.75, 3.05) is 12.0 Å². The van der Waals surface area contributed by atoms with Crippen LogP contribution in [-0.2, 0) is 4.79 Å². The van der Waals surface area contributed by atoms with E-state index in [-0.39, 0.29) is 22.8 Å². The van der Waals surface area contributed by atoms with Crippen molar-refractivity contribution in [1.82, 2.24) is 0 Å². The highest BCUT2D eigenvalue weighted by atomic mass is 16.5. The van der Waals surface area contributed by atoms with E-state index in [0.717, 1.165) is 16.9 Å². The molecule has 0 spiro atoms. The number of anilines is 1. The van der Waals surface area contributed by atoms with Crippen molar-refractivity contribution in [3.63, 3.8) is 0 Å². The topological polar surface area (TPSA) is 73.6 Å². The summed E-state index contributed by atoms with van der Waals surface area (Å²) in [6, 6.07) is 26.5. The minimum absolute atomic E-state index is 0.00605. The Labute approximate surface area is 211 Å². The fourth-order valence-electron chi connectivity index (χ4n) is 5.36. The van der Waals surface area contributed by atoms with Crippen LogP contribution in [0.15, 0.2) is 102 Å². The Morgan fingerprint density at radius 2 is 1.56 bits per heavy atom. The quantitative estimate of drug-likeness (QED) is 0.401. The Morgan fingerprint density at radius 1 is 0.944 bits per heavy atom. The average molecular weight is 479 g/mol. The van der Waals surface area contributed by atoms with Gasteiger partial charge in [0.1, 0.15) is 17.3 Å². The molecule has 5 heteroatoms. The van der Waals surface area contributed by atoms with Crippen molar-refractivity contribution in [2.24, 2.45) is 5.41 Å². The van der Waals surface area contributed by atoms with Crippen molar-refractivity contribution in [2.45, 2.75) is 32.6 Å². The molecule has 0 radical (unpaired) electrons. The molecule has 2 N–H and O–H groups in total. The predicted molar refractivity (Wildman–Crippen MR) is 143 cm³/mol. The van der Waals surface area contributed by atoms with E-state index in [0.29, 0.717) is 35.3 Å². The number of methoxy groups -OCH3 is 1. The lowest BCUT2D eigenvalue weighted by molar-refractivity contribution is -0.118. The van der Waals surface area contributed by atoms with E-state index in [1.807, 2.05) is 89.8 Å². The number of carbonyl (C=O) groups is 1. The summed E-state index contributed by atoms with van der Waals surface area (Å²) < 4.78 is 5.36. The van der Waals surface area contributed by atoms with Crippen LogP contribution in [0.1, 0.15) is 43.7 Å². The van der Waals surface area contributed by atoms with Crippen LogP contribution in [0, 0.1) is 10.8 Å². The van der Waals surface area contributed by atoms with Gasteiger partial charge in [-0.25, -0.2) is 0 Å². The normalized spacial score (nSPS) is 20.8. The van der Waals surface area contributed by atoms with E-state index in [1.54, 1.807) is 7.11 Å². The van der Waals surface area contributed by atoms with Crippen molar-refractivity contribution < 1.29 is 14.6 Å². The van der Waals surface area contributed by atoms with Crippen LogP contribution >= 0.6 is 0 Å². The molecule has 0 unspecified atom stereocenters. The minimum atomic E-state index is -0.567. The van der Waals surface area contributed by atoms with Gasteiger partial charge >= 0.3 is 0 Å². The molecule has 0 amide bonds. The van der Waals surface area contributed by atoms with E-state index >= 15 is 0 Å². The maximum Gasteiger partial charge on any atom is 0.162 e. The van der Waals surface area contributed by atoms with Crippen LogP contribution in [0.4, 0.5) is 5.69 Å². The second kappa shape index (κ2) is 9.15. The summed E-state index contributed by atoms with van der Waals surface area (Å²) in [6.45, 7) is 4.19. The number of nitrogens with one attached hydrogen (secondary N) is 1. The SMILES string of the molecule is COc1ccc([C@@H]2C(=C(O)c3ccccc3)C(=N)N(c3ccccc3)C3=C2C(=O)CC(C)(C)C3)cc1. The molecule has 36 heavy (non-hydrogen) atoms. The number of ketones is 1. The monoisotopic (exact) mass is 478 g/mol. The van der Waals surface area contributed by atoms with Gasteiger partial charge in [0.05, 0.1) is 7.11 Å². The van der Waals surface area contributed by atoms with Gasteiger partial charge in [-0.3, -0.25) is 15.1 Å². The third-order valence-corrected chi connectivity index (χ3v) is 6.99. The van der Waals surface area contributed by atoms with Crippen LogP contribution in [0.2, 0.25) is 0 Å². The standard InChI is InChI=1S/C31H30N2O3/c1-31(2)18-24-27(25(34)19-31)26(20-14-16-23(36-3)17-15-20)28(29(35)21-10-6-4-7-11-21)30(32)33(24)22-12-8-5-9-13-22/h4-17,26,32,35H,18-19H2,1-3H3/t26-/m0/s1. The third kappa shape index (κ3) is 4.11. The molecule has 0 fully saturated rings. The molecule has 1 heterocycles. The Bertz CT molecular complexity index is 1370. The molecule has 3 aromatic carbocycles. The molecule has 5 rings (SSSR count). The number of aliphatic hydroxyl groups is 1. The number of benzene rings is 3. The van der Waals surface area contributed by atoms with Gasteiger partial charge in [0.15, 0.2) is 5.78 Å². The molecule has 0 bridgehead atoms. The first kappa shape index (κ1) is 23.6. The summed E-state index contributed by atoms with van der Waals surface area (Å²) in [6.07, 6.45) is 1.06. The van der Waals surface area contributed by atoms with Gasteiger partial charge in [-0.1, -0.05) is 74.5 Å². The summed E-state index contributed by atoms with van der Waals surface area (Å²) in [7, 11) is 1.61. The maximum absolute atomic E-state index is 13.9. The van der Waals surface area contributed by atoms with Gasteiger partial charge in [-0.2, -0.15) is 0 Å². The number of Topliss-reactive ketones (excluding diaryl/α,β-unsaturated/α-hetero) is 1. The molecule has 0 aromatic heterocycles. The summed E-state index contributed by atoms with van der Waals surface area (Å²) in [4.78, 5) is 15.7. The molecular weight excluding hydrogens is 448 g/mol. The fraction of sp³-hybridized carbons (Fsp3) is 0.226. The zero-order chi connectivity index (χ0) is 25.4. The van der Waals surface area contributed by atoms with Crippen LogP contribution in [0.3, 0.4) is 0 Å². The molecular formula is C31H30N2O3. The predicted octanol–water partition coefficient (Wildman–Crippen LogP) is 6.89. The third-order valence-electron chi connectivity index (χ3n) is 6.99. The van der Waals surface area contributed by atoms with Crippen molar-refractivity contribution in [3.05, 3.63) is 113 Å². The molecule has 2 aliphatic rings. The van der Waals surface area contributed by atoms with E-state index in [9.17, 15) is 15.3 Å².